The number of hydrogen-bond donors (Lipinski definition) is 3. The molecule has 0 amide bonds. The van der Waals surface area contributed by atoms with Gasteiger partial charge in [0.25, 0.3) is 0 Å². The molecule has 1 heterocycles. The van der Waals surface area contributed by atoms with Crippen LogP contribution in [0.4, 0.5) is 0 Å². The highest BCUT2D eigenvalue weighted by molar-refractivity contribution is 5.72. The molecule has 5 heteroatoms. The smallest absolute Gasteiger partial charge is 0.408 e. The fraction of sp³-hybridized carbons (Fsp3) is 0.500. The van der Waals surface area contributed by atoms with Crippen molar-refractivity contribution < 1.29 is 4.42 Å². The third-order valence-corrected chi connectivity index (χ3v) is 3.09. The van der Waals surface area contributed by atoms with E-state index in [1.54, 1.807) is 0 Å². The molecule has 0 spiro atoms. The monoisotopic (exact) mass is 263 g/mol. The summed E-state index contributed by atoms with van der Waals surface area (Å²) in [6, 6.07) is 6.08. The summed E-state index contributed by atoms with van der Waals surface area (Å²) in [5, 5.41) is 3.39. The van der Waals surface area contributed by atoms with Crippen LogP contribution in [-0.4, -0.2) is 24.1 Å². The summed E-state index contributed by atoms with van der Waals surface area (Å²) >= 11 is 0. The van der Waals surface area contributed by atoms with E-state index in [2.05, 4.69) is 10.3 Å². The van der Waals surface area contributed by atoms with Gasteiger partial charge < -0.3 is 15.5 Å². The van der Waals surface area contributed by atoms with Crippen LogP contribution in [0.5, 0.6) is 0 Å². The van der Waals surface area contributed by atoms with Gasteiger partial charge in [0.2, 0.25) is 0 Å². The molecule has 0 saturated heterocycles. The summed E-state index contributed by atoms with van der Waals surface area (Å²) in [6.07, 6.45) is 3.07. The first kappa shape index (κ1) is 13.8. The Morgan fingerprint density at radius 1 is 1.42 bits per heavy atom. The number of oxazole rings is 1. The molecule has 1 unspecified atom stereocenters. The predicted octanol–water partition coefficient (Wildman–Crippen LogP) is 1.38. The van der Waals surface area contributed by atoms with Gasteiger partial charge in [0.1, 0.15) is 0 Å². The van der Waals surface area contributed by atoms with Crippen molar-refractivity contribution >= 4 is 11.1 Å². The number of nitrogens with one attached hydrogen (secondary N) is 2. The number of nitrogens with two attached hydrogens (primary N) is 1. The van der Waals surface area contributed by atoms with E-state index in [4.69, 9.17) is 10.2 Å². The molecular weight excluding hydrogens is 242 g/mol. The Bertz CT molecular complexity index is 571. The molecule has 0 bridgehead atoms. The van der Waals surface area contributed by atoms with Crippen LogP contribution in [0.3, 0.4) is 0 Å². The zero-order chi connectivity index (χ0) is 13.7. The van der Waals surface area contributed by atoms with Crippen LogP contribution < -0.4 is 16.8 Å². The van der Waals surface area contributed by atoms with E-state index in [0.717, 1.165) is 43.4 Å². The van der Waals surface area contributed by atoms with Gasteiger partial charge in [-0.15, -0.1) is 0 Å². The molecule has 19 heavy (non-hydrogen) atoms. The number of aromatic amines is 1. The summed E-state index contributed by atoms with van der Waals surface area (Å²) in [5.74, 6) is -0.402. The van der Waals surface area contributed by atoms with Gasteiger partial charge in [-0.3, -0.25) is 4.98 Å². The Morgan fingerprint density at radius 2 is 2.26 bits per heavy atom. The van der Waals surface area contributed by atoms with Gasteiger partial charge in [0.05, 0.1) is 5.52 Å². The fourth-order valence-corrected chi connectivity index (χ4v) is 2.05. The summed E-state index contributed by atoms with van der Waals surface area (Å²) < 4.78 is 5.03. The van der Waals surface area contributed by atoms with Crippen LogP contribution in [0.2, 0.25) is 0 Å². The van der Waals surface area contributed by atoms with E-state index in [9.17, 15) is 4.79 Å². The van der Waals surface area contributed by atoms with Crippen molar-refractivity contribution in [3.05, 3.63) is 34.3 Å². The molecule has 2 rings (SSSR count). The fourth-order valence-electron chi connectivity index (χ4n) is 2.05. The minimum atomic E-state index is -0.402. The number of aromatic nitrogens is 1. The Morgan fingerprint density at radius 3 is 3.05 bits per heavy atom. The summed E-state index contributed by atoms with van der Waals surface area (Å²) in [4.78, 5) is 13.7. The Hall–Kier alpha value is -1.59. The van der Waals surface area contributed by atoms with E-state index in [1.807, 2.05) is 25.1 Å². The highest BCUT2D eigenvalue weighted by Crippen LogP contribution is 2.12. The molecule has 2 aromatic rings. The number of H-pyrrole nitrogens is 1. The first-order chi connectivity index (χ1) is 9.15. The van der Waals surface area contributed by atoms with Crippen LogP contribution in [-0.2, 0) is 6.42 Å². The van der Waals surface area contributed by atoms with E-state index in [0.29, 0.717) is 5.58 Å². The van der Waals surface area contributed by atoms with Crippen molar-refractivity contribution in [3.8, 4) is 0 Å². The maximum atomic E-state index is 11.0. The maximum absolute atomic E-state index is 11.0. The van der Waals surface area contributed by atoms with E-state index < -0.39 is 5.76 Å². The highest BCUT2D eigenvalue weighted by atomic mass is 16.4. The number of fused-ring (bicyclic) bond motifs is 1. The molecule has 0 saturated carbocycles. The van der Waals surface area contributed by atoms with Crippen molar-refractivity contribution in [2.45, 2.75) is 32.2 Å². The molecule has 0 aliphatic heterocycles. The standard InChI is InChI=1S/C14H21N3O2/c1-10(15)3-2-7-16-8-6-11-4-5-12-13(9-11)19-14(18)17-12/h4-5,9-10,16H,2-3,6-8,15H2,1H3,(H,17,18). The molecule has 4 N–H and O–H groups in total. The molecule has 104 valence electrons. The van der Waals surface area contributed by atoms with Crippen molar-refractivity contribution in [1.82, 2.24) is 10.3 Å². The maximum Gasteiger partial charge on any atom is 0.417 e. The quantitative estimate of drug-likeness (QED) is 0.659. The predicted molar refractivity (Wildman–Crippen MR) is 76.3 cm³/mol. The van der Waals surface area contributed by atoms with E-state index in [1.165, 1.54) is 0 Å². The van der Waals surface area contributed by atoms with Crippen LogP contribution in [0.25, 0.3) is 11.1 Å². The first-order valence-corrected chi connectivity index (χ1v) is 6.73. The van der Waals surface area contributed by atoms with Gasteiger partial charge in [-0.1, -0.05) is 6.07 Å². The lowest BCUT2D eigenvalue weighted by Gasteiger charge is -2.06. The van der Waals surface area contributed by atoms with Gasteiger partial charge in [0.15, 0.2) is 5.58 Å². The van der Waals surface area contributed by atoms with Crippen molar-refractivity contribution in [2.24, 2.45) is 5.73 Å². The second kappa shape index (κ2) is 6.54. The zero-order valence-corrected chi connectivity index (χ0v) is 11.2. The normalized spacial score (nSPS) is 12.9. The summed E-state index contributed by atoms with van der Waals surface area (Å²) in [5.41, 5.74) is 8.22. The lowest BCUT2D eigenvalue weighted by molar-refractivity contribution is 0.554. The van der Waals surface area contributed by atoms with Gasteiger partial charge >= 0.3 is 5.76 Å². The summed E-state index contributed by atoms with van der Waals surface area (Å²) in [6.45, 7) is 3.93. The lowest BCUT2D eigenvalue weighted by Crippen LogP contribution is -2.21. The molecule has 5 nitrogen and oxygen atoms in total. The Labute approximate surface area is 112 Å². The van der Waals surface area contributed by atoms with Crippen molar-refractivity contribution in [3.63, 3.8) is 0 Å². The van der Waals surface area contributed by atoms with Crippen LogP contribution in [0.15, 0.2) is 27.4 Å². The van der Waals surface area contributed by atoms with E-state index in [-0.39, 0.29) is 6.04 Å². The van der Waals surface area contributed by atoms with Crippen molar-refractivity contribution in [1.29, 1.82) is 0 Å². The number of benzene rings is 1. The summed E-state index contributed by atoms with van der Waals surface area (Å²) in [7, 11) is 0. The number of rotatable bonds is 7. The molecule has 0 aliphatic rings. The molecule has 0 radical (unpaired) electrons. The largest absolute Gasteiger partial charge is 0.417 e. The Balaban J connectivity index is 1.77. The molecular formula is C14H21N3O2. The highest BCUT2D eigenvalue weighted by Gasteiger charge is 2.02. The molecule has 0 aliphatic carbocycles. The van der Waals surface area contributed by atoms with Crippen LogP contribution in [0.1, 0.15) is 25.3 Å². The topological polar surface area (TPSA) is 84.0 Å². The van der Waals surface area contributed by atoms with E-state index >= 15 is 0 Å². The van der Waals surface area contributed by atoms with Gasteiger partial charge in [-0.25, -0.2) is 4.79 Å². The third-order valence-electron chi connectivity index (χ3n) is 3.09. The van der Waals surface area contributed by atoms with Crippen molar-refractivity contribution in [2.75, 3.05) is 13.1 Å². The molecule has 1 aromatic carbocycles. The van der Waals surface area contributed by atoms with Gasteiger partial charge in [-0.05, 0) is 57.0 Å². The zero-order valence-electron chi connectivity index (χ0n) is 11.2. The number of hydrogen-bond acceptors (Lipinski definition) is 4. The average molecular weight is 263 g/mol. The Kier molecular flexibility index (Phi) is 4.76. The molecule has 1 atom stereocenters. The third kappa shape index (κ3) is 4.22. The first-order valence-electron chi connectivity index (χ1n) is 6.73. The minimum absolute atomic E-state index is 0.278. The van der Waals surface area contributed by atoms with Gasteiger partial charge in [0, 0.05) is 6.04 Å². The second-order valence-corrected chi connectivity index (χ2v) is 4.96. The second-order valence-electron chi connectivity index (χ2n) is 4.96. The molecule has 1 aromatic heterocycles. The molecule has 0 fully saturated rings. The van der Waals surface area contributed by atoms with Crippen LogP contribution >= 0.6 is 0 Å². The average Bonchev–Trinajstić information content (AvgIpc) is 2.72. The van der Waals surface area contributed by atoms with Gasteiger partial charge in [-0.2, -0.15) is 0 Å². The minimum Gasteiger partial charge on any atom is -0.408 e. The van der Waals surface area contributed by atoms with Crippen LogP contribution in [0, 0.1) is 0 Å². The SMILES string of the molecule is CC(N)CCCNCCc1ccc2[nH]c(=O)oc2c1. The lowest BCUT2D eigenvalue weighted by atomic mass is 10.1.